The highest BCUT2D eigenvalue weighted by Crippen LogP contribution is 2.31. The van der Waals surface area contributed by atoms with Crippen LogP contribution in [0.15, 0.2) is 27.4 Å². The van der Waals surface area contributed by atoms with E-state index in [0.717, 1.165) is 0 Å². The molecule has 0 aliphatic rings. The van der Waals surface area contributed by atoms with Crippen LogP contribution in [0.5, 0.6) is 5.75 Å². The number of aromatic amines is 2. The molecule has 2 aromatic heterocycles. The van der Waals surface area contributed by atoms with E-state index in [9.17, 15) is 19.2 Å². The normalized spacial score (nSPS) is 12.0. The van der Waals surface area contributed by atoms with Crippen molar-refractivity contribution in [3.05, 3.63) is 61.6 Å². The summed E-state index contributed by atoms with van der Waals surface area (Å²) in [6.07, 6.45) is -0.625. The van der Waals surface area contributed by atoms with Crippen LogP contribution >= 0.6 is 23.2 Å². The lowest BCUT2D eigenvalue weighted by atomic mass is 10.1. The van der Waals surface area contributed by atoms with Crippen LogP contribution in [0.3, 0.4) is 0 Å². The molecule has 0 spiro atoms. The zero-order valence-electron chi connectivity index (χ0n) is 21.8. The van der Waals surface area contributed by atoms with Crippen molar-refractivity contribution < 1.29 is 28.3 Å². The molecule has 3 amide bonds. The van der Waals surface area contributed by atoms with Gasteiger partial charge < -0.3 is 34.8 Å². The first-order valence-corrected chi connectivity index (χ1v) is 12.5. The average molecular weight is 583 g/mol. The lowest BCUT2D eigenvalue weighted by Crippen LogP contribution is -2.34. The molecular weight excluding hydrogens is 555 g/mol. The molecular formula is C24H28Cl2N6O7. The lowest BCUT2D eigenvalue weighted by molar-refractivity contribution is 0.0520. The van der Waals surface area contributed by atoms with Crippen LogP contribution < -0.4 is 26.4 Å². The number of carbonyl (C=O) groups is 3. The van der Waals surface area contributed by atoms with E-state index in [1.807, 2.05) is 0 Å². The molecule has 1 atom stereocenters. The van der Waals surface area contributed by atoms with Gasteiger partial charge in [0.1, 0.15) is 29.7 Å². The fraction of sp³-hybridized carbons (Fsp3) is 0.375. The largest absolute Gasteiger partial charge is 0.490 e. The molecule has 5 N–H and O–H groups in total. The molecule has 210 valence electrons. The lowest BCUT2D eigenvalue weighted by Gasteiger charge is -2.20. The van der Waals surface area contributed by atoms with Crippen LogP contribution in [-0.4, -0.2) is 51.8 Å². The Bertz CT molecular complexity index is 1420. The van der Waals surface area contributed by atoms with Gasteiger partial charge in [-0.25, -0.2) is 14.7 Å². The average Bonchev–Trinajstić information content (AvgIpc) is 3.40. The second-order valence-corrected chi connectivity index (χ2v) is 10.1. The Morgan fingerprint density at radius 3 is 2.46 bits per heavy atom. The van der Waals surface area contributed by atoms with Crippen LogP contribution in [0.1, 0.15) is 66.2 Å². The number of rotatable bonds is 9. The molecule has 39 heavy (non-hydrogen) atoms. The third-order valence-electron chi connectivity index (χ3n) is 4.97. The van der Waals surface area contributed by atoms with Crippen LogP contribution in [0, 0.1) is 6.92 Å². The van der Waals surface area contributed by atoms with Gasteiger partial charge in [0.2, 0.25) is 5.89 Å². The number of aryl methyl sites for hydroxylation is 1. The topological polar surface area (TPSA) is 180 Å². The van der Waals surface area contributed by atoms with Crippen molar-refractivity contribution in [1.29, 1.82) is 0 Å². The number of benzene rings is 1. The number of aromatic nitrogens is 3. The summed E-state index contributed by atoms with van der Waals surface area (Å²) in [5, 5.41) is 14.0. The minimum Gasteiger partial charge on any atom is -0.490 e. The second kappa shape index (κ2) is 12.3. The summed E-state index contributed by atoms with van der Waals surface area (Å²) in [4.78, 5) is 51.7. The minimum absolute atomic E-state index is 0.00120. The number of amides is 3. The Kier molecular flexibility index (Phi) is 9.30. The Morgan fingerprint density at radius 1 is 1.15 bits per heavy atom. The molecule has 0 aliphatic carbocycles. The van der Waals surface area contributed by atoms with Crippen molar-refractivity contribution >= 4 is 46.8 Å². The summed E-state index contributed by atoms with van der Waals surface area (Å²) in [7, 11) is 0. The predicted octanol–water partition coefficient (Wildman–Crippen LogP) is 3.95. The maximum atomic E-state index is 12.9. The summed E-state index contributed by atoms with van der Waals surface area (Å²) >= 11 is 12.2. The Balaban J connectivity index is 1.77. The molecule has 0 aliphatic heterocycles. The first-order valence-electron chi connectivity index (χ1n) is 11.7. The van der Waals surface area contributed by atoms with E-state index in [-0.39, 0.29) is 51.8 Å². The summed E-state index contributed by atoms with van der Waals surface area (Å²) in [5.41, 5.74) is 0.294. The zero-order chi connectivity index (χ0) is 28.9. The molecule has 0 radical (unpaired) electrons. The SMILES string of the molecule is Cc1[nH]c(C(=O)Nc2ccc(C(=O)N[C@@H](C)c3n[nH]c(=O)o3)cc2OCCNC(=O)OC(C)(C)C)c(Cl)c1Cl. The van der Waals surface area contributed by atoms with Crippen molar-refractivity contribution in [3.63, 3.8) is 0 Å². The van der Waals surface area contributed by atoms with Gasteiger partial charge in [-0.15, -0.1) is 5.10 Å². The quantitative estimate of drug-likeness (QED) is 0.235. The van der Waals surface area contributed by atoms with Crippen molar-refractivity contribution in [1.82, 2.24) is 25.8 Å². The molecule has 0 unspecified atom stereocenters. The summed E-state index contributed by atoms with van der Waals surface area (Å²) in [6.45, 7) is 8.51. The Morgan fingerprint density at radius 2 is 1.87 bits per heavy atom. The molecule has 3 aromatic rings. The smallest absolute Gasteiger partial charge is 0.434 e. The summed E-state index contributed by atoms with van der Waals surface area (Å²) in [5.74, 6) is -1.74. The number of nitrogens with zero attached hydrogens (tertiary/aromatic N) is 1. The molecule has 13 nitrogen and oxygen atoms in total. The highest BCUT2D eigenvalue weighted by molar-refractivity contribution is 6.44. The fourth-order valence-electron chi connectivity index (χ4n) is 3.20. The third kappa shape index (κ3) is 8.01. The Hall–Kier alpha value is -3.97. The highest BCUT2D eigenvalue weighted by atomic mass is 35.5. The molecule has 2 heterocycles. The molecule has 0 bridgehead atoms. The number of nitrogens with one attached hydrogen (secondary N) is 5. The maximum Gasteiger partial charge on any atom is 0.434 e. The van der Waals surface area contributed by atoms with Gasteiger partial charge in [0.25, 0.3) is 11.8 Å². The van der Waals surface area contributed by atoms with E-state index in [2.05, 4.69) is 31.1 Å². The van der Waals surface area contributed by atoms with Gasteiger partial charge in [0, 0.05) is 11.3 Å². The number of hydrogen-bond acceptors (Lipinski definition) is 8. The van der Waals surface area contributed by atoms with Crippen LogP contribution in [0.4, 0.5) is 10.5 Å². The highest BCUT2D eigenvalue weighted by Gasteiger charge is 2.22. The predicted molar refractivity (Wildman–Crippen MR) is 143 cm³/mol. The monoisotopic (exact) mass is 582 g/mol. The van der Waals surface area contributed by atoms with E-state index < -0.39 is 35.3 Å². The standard InChI is InChI=1S/C24H28Cl2N6O7/c1-11-16(25)17(26)18(28-11)20(34)30-14-7-6-13(19(33)29-12(2)21-31-32-23(36)38-21)10-15(14)37-9-8-27-22(35)39-24(3,4)5/h6-7,10,12,28H,8-9H2,1-5H3,(H,27,35)(H,29,33)(H,30,34)(H,32,36)/t12-/m0/s1. The van der Waals surface area contributed by atoms with E-state index in [1.165, 1.54) is 18.2 Å². The molecule has 15 heteroatoms. The number of alkyl carbamates (subject to hydrolysis) is 1. The van der Waals surface area contributed by atoms with Gasteiger partial charge in [0.05, 0.1) is 22.3 Å². The van der Waals surface area contributed by atoms with Crippen LogP contribution in [0.25, 0.3) is 0 Å². The van der Waals surface area contributed by atoms with Gasteiger partial charge in [-0.05, 0) is 52.8 Å². The van der Waals surface area contributed by atoms with Crippen LogP contribution in [0.2, 0.25) is 10.0 Å². The molecule has 0 fully saturated rings. The number of carbonyl (C=O) groups excluding carboxylic acids is 3. The number of H-pyrrole nitrogens is 2. The van der Waals surface area contributed by atoms with Gasteiger partial charge >= 0.3 is 11.8 Å². The second-order valence-electron chi connectivity index (χ2n) is 9.34. The number of ether oxygens (including phenoxy) is 2. The van der Waals surface area contributed by atoms with E-state index in [4.69, 9.17) is 37.1 Å². The fourth-order valence-corrected chi connectivity index (χ4v) is 3.61. The van der Waals surface area contributed by atoms with Gasteiger partial charge in [0.15, 0.2) is 0 Å². The molecule has 3 rings (SSSR count). The van der Waals surface area contributed by atoms with E-state index in [1.54, 1.807) is 34.6 Å². The summed E-state index contributed by atoms with van der Waals surface area (Å²) < 4.78 is 15.8. The molecule has 0 saturated carbocycles. The number of anilines is 1. The number of hydrogen-bond donors (Lipinski definition) is 5. The van der Waals surface area contributed by atoms with Crippen molar-refractivity contribution in [2.75, 3.05) is 18.5 Å². The van der Waals surface area contributed by atoms with E-state index in [0.29, 0.717) is 5.69 Å². The number of halogens is 2. The van der Waals surface area contributed by atoms with E-state index >= 15 is 0 Å². The van der Waals surface area contributed by atoms with Crippen molar-refractivity contribution in [3.8, 4) is 5.75 Å². The van der Waals surface area contributed by atoms with Crippen LogP contribution in [-0.2, 0) is 4.74 Å². The Labute approximate surface area is 232 Å². The first-order chi connectivity index (χ1) is 18.2. The molecule has 1 aromatic carbocycles. The molecule has 0 saturated heterocycles. The third-order valence-corrected chi connectivity index (χ3v) is 5.92. The van der Waals surface area contributed by atoms with Crippen molar-refractivity contribution in [2.24, 2.45) is 0 Å². The minimum atomic E-state index is -0.750. The van der Waals surface area contributed by atoms with Gasteiger partial charge in [-0.1, -0.05) is 23.2 Å². The maximum absolute atomic E-state index is 12.9. The van der Waals surface area contributed by atoms with Gasteiger partial charge in [-0.3, -0.25) is 9.59 Å². The van der Waals surface area contributed by atoms with Gasteiger partial charge in [-0.2, -0.15) is 0 Å². The zero-order valence-corrected chi connectivity index (χ0v) is 23.3. The first kappa shape index (κ1) is 29.6. The van der Waals surface area contributed by atoms with Crippen molar-refractivity contribution in [2.45, 2.75) is 46.3 Å². The summed E-state index contributed by atoms with van der Waals surface area (Å²) in [6, 6.07) is 3.61.